The number of sulfonamides is 1. The van der Waals surface area contributed by atoms with Crippen molar-refractivity contribution >= 4 is 44.3 Å². The van der Waals surface area contributed by atoms with Gasteiger partial charge >= 0.3 is 6.09 Å². The predicted molar refractivity (Wildman–Crippen MR) is 135 cm³/mol. The summed E-state index contributed by atoms with van der Waals surface area (Å²) < 4.78 is 31.5. The van der Waals surface area contributed by atoms with Crippen molar-refractivity contribution in [2.45, 2.75) is 63.8 Å². The highest BCUT2D eigenvalue weighted by Crippen LogP contribution is 2.37. The third-order valence-electron chi connectivity index (χ3n) is 5.89. The first kappa shape index (κ1) is 26.8. The average Bonchev–Trinajstić information content (AvgIpc) is 2.98. The number of benzene rings is 1. The van der Waals surface area contributed by atoms with Crippen molar-refractivity contribution in [3.63, 3.8) is 0 Å². The van der Waals surface area contributed by atoms with Crippen molar-refractivity contribution < 1.29 is 27.5 Å². The molecule has 2 N–H and O–H groups in total. The monoisotopic (exact) mass is 521 g/mol. The maximum Gasteiger partial charge on any atom is 0.414 e. The maximum atomic E-state index is 13.0. The van der Waals surface area contributed by atoms with Gasteiger partial charge < -0.3 is 10.1 Å². The van der Waals surface area contributed by atoms with Crippen LogP contribution in [0.1, 0.15) is 71.2 Å². The fourth-order valence-electron chi connectivity index (χ4n) is 3.79. The fraction of sp³-hybridized carbons (Fsp3) is 0.458. The summed E-state index contributed by atoms with van der Waals surface area (Å²) in [6.45, 7) is 5.32. The first-order valence-corrected chi connectivity index (χ1v) is 13.8. The Bertz CT molecular complexity index is 1200. The molecule has 0 radical (unpaired) electrons. The molecule has 1 heterocycles. The molecule has 3 amide bonds. The zero-order valence-corrected chi connectivity index (χ0v) is 22.0. The summed E-state index contributed by atoms with van der Waals surface area (Å²) in [5.41, 5.74) is 1.38. The first-order valence-electron chi connectivity index (χ1n) is 11.6. The third kappa shape index (κ3) is 6.09. The van der Waals surface area contributed by atoms with Crippen LogP contribution in [0.25, 0.3) is 0 Å². The Kier molecular flexibility index (Phi) is 8.68. The van der Waals surface area contributed by atoms with Gasteiger partial charge in [-0.05, 0) is 76.3 Å². The van der Waals surface area contributed by atoms with Crippen molar-refractivity contribution in [3.05, 3.63) is 45.8 Å². The average molecular weight is 522 g/mol. The fourth-order valence-corrected chi connectivity index (χ4v) is 6.44. The summed E-state index contributed by atoms with van der Waals surface area (Å²) in [5, 5.41) is 5.39. The van der Waals surface area contributed by atoms with Crippen LogP contribution in [0.5, 0.6) is 0 Å². The number of carbonyl (C=O) groups excluding carboxylic acids is 3. The molecule has 0 aliphatic heterocycles. The molecular weight excluding hydrogens is 490 g/mol. The second-order valence-electron chi connectivity index (χ2n) is 8.54. The summed E-state index contributed by atoms with van der Waals surface area (Å²) in [6.07, 6.45) is 3.59. The van der Waals surface area contributed by atoms with Gasteiger partial charge in [0.25, 0.3) is 11.8 Å². The van der Waals surface area contributed by atoms with Crippen LogP contribution in [0.3, 0.4) is 0 Å². The number of nitrogens with zero attached hydrogens (tertiary/aromatic N) is 1. The number of amides is 3. The van der Waals surface area contributed by atoms with Crippen LogP contribution >= 0.6 is 11.3 Å². The maximum absolute atomic E-state index is 13.0. The Morgan fingerprint density at radius 1 is 1.06 bits per heavy atom. The molecule has 11 heteroatoms. The number of thiophene rings is 1. The number of hydrogen-bond acceptors (Lipinski definition) is 7. The quantitative estimate of drug-likeness (QED) is 0.527. The molecule has 0 unspecified atom stereocenters. The van der Waals surface area contributed by atoms with E-state index in [0.29, 0.717) is 11.4 Å². The number of alkyl carbamates (subject to hydrolysis) is 1. The minimum atomic E-state index is -3.67. The summed E-state index contributed by atoms with van der Waals surface area (Å²) in [5.74, 6) is -1.09. The Morgan fingerprint density at radius 3 is 2.34 bits per heavy atom. The van der Waals surface area contributed by atoms with E-state index < -0.39 is 27.9 Å². The number of carbonyl (C=O) groups is 3. The molecule has 0 bridgehead atoms. The summed E-state index contributed by atoms with van der Waals surface area (Å²) in [7, 11) is -2.17. The number of ether oxygens (including phenoxy) is 1. The molecule has 0 saturated heterocycles. The second-order valence-corrected chi connectivity index (χ2v) is 11.6. The lowest BCUT2D eigenvalue weighted by Gasteiger charge is -2.21. The van der Waals surface area contributed by atoms with E-state index in [0.717, 1.165) is 36.1 Å². The number of imide groups is 1. The summed E-state index contributed by atoms with van der Waals surface area (Å²) in [4.78, 5) is 38.9. The minimum Gasteiger partial charge on any atom is -0.450 e. The number of hydrogen-bond donors (Lipinski definition) is 2. The number of rotatable bonds is 7. The van der Waals surface area contributed by atoms with Crippen molar-refractivity contribution in [2.24, 2.45) is 0 Å². The smallest absolute Gasteiger partial charge is 0.414 e. The lowest BCUT2D eigenvalue weighted by Crippen LogP contribution is -2.33. The van der Waals surface area contributed by atoms with Crippen molar-refractivity contribution in [1.29, 1.82) is 0 Å². The minimum absolute atomic E-state index is 0.0857. The predicted octanol–water partition coefficient (Wildman–Crippen LogP) is 4.18. The molecule has 35 heavy (non-hydrogen) atoms. The number of nitrogens with one attached hydrogen (secondary N) is 2. The van der Waals surface area contributed by atoms with Gasteiger partial charge in [0.1, 0.15) is 5.00 Å². The van der Waals surface area contributed by atoms with Gasteiger partial charge in [-0.2, -0.15) is 4.31 Å². The van der Waals surface area contributed by atoms with Crippen LogP contribution in [0.2, 0.25) is 0 Å². The van der Waals surface area contributed by atoms with E-state index in [9.17, 15) is 22.8 Å². The lowest BCUT2D eigenvalue weighted by molar-refractivity contribution is 0.0925. The molecule has 0 saturated carbocycles. The van der Waals surface area contributed by atoms with Gasteiger partial charge in [-0.3, -0.25) is 14.9 Å². The largest absolute Gasteiger partial charge is 0.450 e. The van der Waals surface area contributed by atoms with E-state index in [-0.39, 0.29) is 28.7 Å². The molecule has 3 rings (SSSR count). The molecule has 1 aliphatic carbocycles. The molecule has 0 atom stereocenters. The molecule has 1 aromatic carbocycles. The van der Waals surface area contributed by atoms with Crippen LogP contribution < -0.4 is 10.6 Å². The Morgan fingerprint density at radius 2 is 1.71 bits per heavy atom. The van der Waals surface area contributed by atoms with Gasteiger partial charge in [0.15, 0.2) is 0 Å². The normalized spacial score (nSPS) is 13.8. The van der Waals surface area contributed by atoms with Crippen LogP contribution in [0.15, 0.2) is 29.2 Å². The molecule has 0 fully saturated rings. The highest BCUT2D eigenvalue weighted by molar-refractivity contribution is 7.89. The molecule has 2 aromatic rings. The number of aryl methyl sites for hydroxylation is 1. The summed E-state index contributed by atoms with van der Waals surface area (Å²) >= 11 is 1.33. The summed E-state index contributed by atoms with van der Waals surface area (Å²) in [6, 6.07) is 5.44. The van der Waals surface area contributed by atoms with E-state index in [1.807, 2.05) is 0 Å². The number of anilines is 1. The van der Waals surface area contributed by atoms with E-state index >= 15 is 0 Å². The van der Waals surface area contributed by atoms with Crippen molar-refractivity contribution in [3.8, 4) is 0 Å². The Balaban J connectivity index is 1.87. The first-order chi connectivity index (χ1) is 16.6. The Labute approximate surface area is 209 Å². The highest BCUT2D eigenvalue weighted by atomic mass is 32.2. The zero-order chi connectivity index (χ0) is 25.8. The lowest BCUT2D eigenvalue weighted by atomic mass is 10.0. The van der Waals surface area contributed by atoms with E-state index in [4.69, 9.17) is 4.74 Å². The topological polar surface area (TPSA) is 122 Å². The molecule has 9 nitrogen and oxygen atoms in total. The van der Waals surface area contributed by atoms with E-state index in [1.165, 1.54) is 47.0 Å². The van der Waals surface area contributed by atoms with Crippen molar-refractivity contribution in [1.82, 2.24) is 9.62 Å². The van der Waals surface area contributed by atoms with Crippen LogP contribution in [-0.4, -0.2) is 50.3 Å². The Hall–Kier alpha value is -2.76. The third-order valence-corrected chi connectivity index (χ3v) is 9.14. The number of fused-ring (bicyclic) bond motifs is 1. The van der Waals surface area contributed by atoms with Crippen LogP contribution in [-0.2, 0) is 27.6 Å². The molecule has 1 aliphatic rings. The van der Waals surface area contributed by atoms with Crippen molar-refractivity contribution in [2.75, 3.05) is 19.0 Å². The van der Waals surface area contributed by atoms with E-state index in [2.05, 4.69) is 10.6 Å². The standard InChI is InChI=1S/C24H31N3O6S2/c1-5-33-24(30)26-22(29)20-18-9-7-6-8-10-19(18)34-23(20)25-21(28)16-11-13-17(14-12-16)35(31,32)27(4)15(2)3/h11-15H,5-10H2,1-4H3,(H,25,28)(H,26,29,30). The van der Waals surface area contributed by atoms with Gasteiger partial charge in [0.2, 0.25) is 10.0 Å². The van der Waals surface area contributed by atoms with Gasteiger partial charge in [0.05, 0.1) is 17.1 Å². The molecule has 190 valence electrons. The van der Waals surface area contributed by atoms with Gasteiger partial charge in [-0.15, -0.1) is 11.3 Å². The van der Waals surface area contributed by atoms with Gasteiger partial charge in [-0.25, -0.2) is 13.2 Å². The van der Waals surface area contributed by atoms with Gasteiger partial charge in [0, 0.05) is 23.5 Å². The highest BCUT2D eigenvalue weighted by Gasteiger charge is 2.28. The van der Waals surface area contributed by atoms with Crippen LogP contribution in [0.4, 0.5) is 9.80 Å². The van der Waals surface area contributed by atoms with Gasteiger partial charge in [-0.1, -0.05) is 6.42 Å². The molecule has 0 spiro atoms. The van der Waals surface area contributed by atoms with E-state index in [1.54, 1.807) is 20.8 Å². The molecular formula is C24H31N3O6S2. The van der Waals surface area contributed by atoms with Crippen LogP contribution in [0, 0.1) is 0 Å². The SMILES string of the molecule is CCOC(=O)NC(=O)c1c(NC(=O)c2ccc(S(=O)(=O)N(C)C(C)C)cc2)sc2c1CCCCC2. The second kappa shape index (κ2) is 11.3. The molecule has 1 aromatic heterocycles. The zero-order valence-electron chi connectivity index (χ0n) is 20.3.